The van der Waals surface area contributed by atoms with Gasteiger partial charge in [0.15, 0.2) is 0 Å². The predicted octanol–water partition coefficient (Wildman–Crippen LogP) is 7.16. The van der Waals surface area contributed by atoms with Crippen LogP contribution in [0.5, 0.6) is 0 Å². The van der Waals surface area contributed by atoms with E-state index in [1.165, 1.54) is 27.8 Å². The Morgan fingerprint density at radius 2 is 1.68 bits per heavy atom. The summed E-state index contributed by atoms with van der Waals surface area (Å²) in [6.07, 6.45) is 2.08. The second-order valence-electron chi connectivity index (χ2n) is 11.4. The molecule has 1 amide bonds. The van der Waals surface area contributed by atoms with E-state index in [1.807, 2.05) is 24.3 Å². The summed E-state index contributed by atoms with van der Waals surface area (Å²) in [4.78, 5) is 13.5. The molecule has 2 heterocycles. The number of nitrogens with one attached hydrogen (secondary N) is 2. The molecule has 1 aromatic heterocycles. The molecule has 1 aliphatic heterocycles. The molecule has 0 saturated carbocycles. The van der Waals surface area contributed by atoms with Crippen molar-refractivity contribution in [2.24, 2.45) is 5.73 Å². The van der Waals surface area contributed by atoms with Crippen LogP contribution in [0.2, 0.25) is 0 Å². The van der Waals surface area contributed by atoms with Crippen molar-refractivity contribution >= 4 is 22.6 Å². The monoisotopic (exact) mass is 543 g/mol. The zero-order chi connectivity index (χ0) is 28.5. The lowest BCUT2D eigenvalue weighted by Gasteiger charge is -2.30. The predicted molar refractivity (Wildman–Crippen MR) is 167 cm³/mol. The molecule has 5 nitrogen and oxygen atoms in total. The maximum atomic E-state index is 13.5. The standard InChI is InChI=1S/C36H37N3O2/c1-22-15-23(2)28(24(3)16-22)21-31(37)36(40)39-32-13-14-38-35-29(32)18-26(17-25-9-5-4-6-10-25)19-30(35)34-20-27-11-7-8-12-33(27)41-34/h4-12,15-16,18-20,31-32,38H,13-14,17,21,37H2,1-3H3,(H,39,40)/t31-,32+/m0/s1. The second-order valence-corrected chi connectivity index (χ2v) is 11.4. The van der Waals surface area contributed by atoms with Crippen LogP contribution >= 0.6 is 0 Å². The van der Waals surface area contributed by atoms with Gasteiger partial charge in [-0.05, 0) is 91.6 Å². The van der Waals surface area contributed by atoms with Gasteiger partial charge in [-0.3, -0.25) is 4.79 Å². The Hall–Kier alpha value is -4.35. The summed E-state index contributed by atoms with van der Waals surface area (Å²) in [5.41, 5.74) is 17.6. The fourth-order valence-corrected chi connectivity index (χ4v) is 6.21. The van der Waals surface area contributed by atoms with Gasteiger partial charge in [0.2, 0.25) is 5.91 Å². The molecule has 208 valence electrons. The molecule has 5 heteroatoms. The number of hydrogen-bond donors (Lipinski definition) is 3. The lowest BCUT2D eigenvalue weighted by molar-refractivity contribution is -0.123. The molecular weight excluding hydrogens is 506 g/mol. The van der Waals surface area contributed by atoms with Gasteiger partial charge >= 0.3 is 0 Å². The van der Waals surface area contributed by atoms with Crippen LogP contribution in [-0.2, 0) is 17.6 Å². The van der Waals surface area contributed by atoms with Crippen LogP contribution in [0.15, 0.2) is 89.3 Å². The Balaban J connectivity index is 1.34. The number of rotatable bonds is 7. The lowest BCUT2D eigenvalue weighted by Crippen LogP contribution is -2.44. The number of nitrogens with two attached hydrogens (primary N) is 1. The van der Waals surface area contributed by atoms with Crippen LogP contribution in [-0.4, -0.2) is 18.5 Å². The van der Waals surface area contributed by atoms with E-state index in [-0.39, 0.29) is 11.9 Å². The molecular formula is C36H37N3O2. The topological polar surface area (TPSA) is 80.3 Å². The largest absolute Gasteiger partial charge is 0.456 e. The molecule has 2 atom stereocenters. The number of para-hydroxylation sites is 1. The van der Waals surface area contributed by atoms with Crippen LogP contribution in [0.1, 0.15) is 51.4 Å². The van der Waals surface area contributed by atoms with E-state index in [4.69, 9.17) is 10.2 Å². The van der Waals surface area contributed by atoms with Crippen molar-refractivity contribution in [2.45, 2.75) is 52.1 Å². The average Bonchev–Trinajstić information content (AvgIpc) is 3.39. The van der Waals surface area contributed by atoms with E-state index >= 15 is 0 Å². The molecule has 0 aliphatic carbocycles. The smallest absolute Gasteiger partial charge is 0.237 e. The van der Waals surface area contributed by atoms with Crippen molar-refractivity contribution in [3.05, 3.63) is 124 Å². The number of benzene rings is 4. The number of anilines is 1. The summed E-state index contributed by atoms with van der Waals surface area (Å²) in [5.74, 6) is 0.694. The number of carbonyl (C=O) groups is 1. The number of aryl methyl sites for hydroxylation is 3. The molecule has 0 fully saturated rings. The summed E-state index contributed by atoms with van der Waals surface area (Å²) in [6.45, 7) is 7.03. The van der Waals surface area contributed by atoms with Crippen LogP contribution in [0, 0.1) is 20.8 Å². The fourth-order valence-electron chi connectivity index (χ4n) is 6.21. The Labute approximate surface area is 241 Å². The first kappa shape index (κ1) is 26.9. The third-order valence-electron chi connectivity index (χ3n) is 8.20. The molecule has 0 bridgehead atoms. The highest BCUT2D eigenvalue weighted by Gasteiger charge is 2.28. The zero-order valence-corrected chi connectivity index (χ0v) is 24.0. The van der Waals surface area contributed by atoms with Crippen molar-refractivity contribution in [1.29, 1.82) is 0 Å². The number of amides is 1. The maximum Gasteiger partial charge on any atom is 0.237 e. The van der Waals surface area contributed by atoms with E-state index in [1.54, 1.807) is 0 Å². The minimum atomic E-state index is -0.629. The Morgan fingerprint density at radius 1 is 0.951 bits per heavy atom. The zero-order valence-electron chi connectivity index (χ0n) is 24.0. The molecule has 0 unspecified atom stereocenters. The molecule has 5 aromatic rings. The molecule has 41 heavy (non-hydrogen) atoms. The first-order chi connectivity index (χ1) is 19.9. The van der Waals surface area contributed by atoms with Gasteiger partial charge in [0.1, 0.15) is 11.3 Å². The van der Waals surface area contributed by atoms with E-state index in [0.717, 1.165) is 58.5 Å². The highest BCUT2D eigenvalue weighted by Crippen LogP contribution is 2.41. The van der Waals surface area contributed by atoms with E-state index in [2.05, 4.69) is 92.1 Å². The fraction of sp³-hybridized carbons (Fsp3) is 0.250. The van der Waals surface area contributed by atoms with Crippen molar-refractivity contribution in [2.75, 3.05) is 11.9 Å². The van der Waals surface area contributed by atoms with Crippen molar-refractivity contribution in [3.63, 3.8) is 0 Å². The van der Waals surface area contributed by atoms with Gasteiger partial charge in [0.05, 0.1) is 17.8 Å². The SMILES string of the molecule is Cc1cc(C)c(C[C@H](N)C(=O)N[C@@H]2CCNc3c(-c4cc5ccccc5o4)cc(Cc4ccccc4)cc32)c(C)c1. The number of carbonyl (C=O) groups excluding carboxylic acids is 1. The lowest BCUT2D eigenvalue weighted by atomic mass is 9.89. The molecule has 1 aliphatic rings. The normalized spacial score (nSPS) is 15.3. The summed E-state index contributed by atoms with van der Waals surface area (Å²) < 4.78 is 6.33. The number of hydrogen-bond acceptors (Lipinski definition) is 4. The van der Waals surface area contributed by atoms with Crippen LogP contribution in [0.25, 0.3) is 22.3 Å². The molecule has 6 rings (SSSR count). The first-order valence-corrected chi connectivity index (χ1v) is 14.4. The van der Waals surface area contributed by atoms with Gasteiger partial charge in [-0.15, -0.1) is 0 Å². The summed E-state index contributed by atoms with van der Waals surface area (Å²) in [7, 11) is 0. The van der Waals surface area contributed by atoms with Crippen molar-refractivity contribution < 1.29 is 9.21 Å². The highest BCUT2D eigenvalue weighted by molar-refractivity contribution is 5.88. The van der Waals surface area contributed by atoms with E-state index < -0.39 is 6.04 Å². The van der Waals surface area contributed by atoms with Crippen LogP contribution < -0.4 is 16.4 Å². The third kappa shape index (κ3) is 5.63. The van der Waals surface area contributed by atoms with Crippen LogP contribution in [0.4, 0.5) is 5.69 Å². The summed E-state index contributed by atoms with van der Waals surface area (Å²) in [6, 6.07) is 28.6. The average molecular weight is 544 g/mol. The van der Waals surface area contributed by atoms with E-state index in [0.29, 0.717) is 6.42 Å². The second kappa shape index (κ2) is 11.3. The highest BCUT2D eigenvalue weighted by atomic mass is 16.3. The first-order valence-electron chi connectivity index (χ1n) is 14.4. The molecule has 0 spiro atoms. The summed E-state index contributed by atoms with van der Waals surface area (Å²) in [5, 5.41) is 7.99. The minimum absolute atomic E-state index is 0.124. The van der Waals surface area contributed by atoms with Crippen molar-refractivity contribution in [1.82, 2.24) is 5.32 Å². The molecule has 0 saturated heterocycles. The molecule has 0 radical (unpaired) electrons. The van der Waals surface area contributed by atoms with Gasteiger partial charge in [-0.2, -0.15) is 0 Å². The van der Waals surface area contributed by atoms with Crippen LogP contribution in [0.3, 0.4) is 0 Å². The van der Waals surface area contributed by atoms with E-state index in [9.17, 15) is 4.79 Å². The minimum Gasteiger partial charge on any atom is -0.456 e. The summed E-state index contributed by atoms with van der Waals surface area (Å²) >= 11 is 0. The molecule has 4 N–H and O–H groups in total. The molecule has 4 aromatic carbocycles. The number of furan rings is 1. The Morgan fingerprint density at radius 3 is 2.44 bits per heavy atom. The van der Waals surface area contributed by atoms with Gasteiger partial charge in [-0.25, -0.2) is 0 Å². The van der Waals surface area contributed by atoms with Gasteiger partial charge in [-0.1, -0.05) is 72.3 Å². The Kier molecular flexibility index (Phi) is 7.38. The quantitative estimate of drug-likeness (QED) is 0.203. The maximum absolute atomic E-state index is 13.5. The Bertz CT molecular complexity index is 1660. The van der Waals surface area contributed by atoms with Crippen molar-refractivity contribution in [3.8, 4) is 11.3 Å². The number of fused-ring (bicyclic) bond motifs is 2. The third-order valence-corrected chi connectivity index (χ3v) is 8.20. The van der Waals surface area contributed by atoms with Gasteiger partial charge in [0, 0.05) is 17.5 Å². The van der Waals surface area contributed by atoms with Gasteiger partial charge in [0.25, 0.3) is 0 Å². The van der Waals surface area contributed by atoms with Gasteiger partial charge < -0.3 is 20.8 Å².